The van der Waals surface area contributed by atoms with Crippen LogP contribution in [0.15, 0.2) is 16.9 Å². The number of rotatable bonds is 1. The van der Waals surface area contributed by atoms with Crippen LogP contribution in [-0.2, 0) is 9.59 Å². The molecular formula is C10H9BrN2O2. The zero-order valence-corrected chi connectivity index (χ0v) is 9.74. The van der Waals surface area contributed by atoms with Crippen molar-refractivity contribution in [1.29, 1.82) is 0 Å². The molecule has 2 rings (SSSR count). The highest BCUT2D eigenvalue weighted by atomic mass is 79.9. The minimum Gasteiger partial charge on any atom is -0.303 e. The summed E-state index contributed by atoms with van der Waals surface area (Å²) < 4.78 is 0.724. The predicted molar refractivity (Wildman–Crippen MR) is 58.7 cm³/mol. The van der Waals surface area contributed by atoms with Gasteiger partial charge in [0.2, 0.25) is 5.91 Å². The zero-order chi connectivity index (χ0) is 11.0. The molecule has 0 aromatic carbocycles. The van der Waals surface area contributed by atoms with Crippen LogP contribution >= 0.6 is 15.9 Å². The standard InChI is InChI=1S/C10H9BrN2O2/c1-6-2-9(11)12-4-8(6)13-5-7(14)3-10(13)15/h2,4H,3,5H2,1H3. The fraction of sp³-hybridized carbons (Fsp3) is 0.300. The van der Waals surface area contributed by atoms with Gasteiger partial charge in [0.25, 0.3) is 0 Å². The Labute approximate surface area is 95.4 Å². The van der Waals surface area contributed by atoms with Crippen molar-refractivity contribution < 1.29 is 9.59 Å². The molecule has 1 aliphatic heterocycles. The molecule has 1 aliphatic rings. The van der Waals surface area contributed by atoms with Gasteiger partial charge in [-0.15, -0.1) is 0 Å². The highest BCUT2D eigenvalue weighted by Gasteiger charge is 2.29. The SMILES string of the molecule is Cc1cc(Br)ncc1N1CC(=O)CC1=O. The molecule has 0 spiro atoms. The van der Waals surface area contributed by atoms with E-state index in [4.69, 9.17) is 0 Å². The van der Waals surface area contributed by atoms with E-state index >= 15 is 0 Å². The van der Waals surface area contributed by atoms with Crippen molar-refractivity contribution in [2.75, 3.05) is 11.4 Å². The molecule has 1 aromatic heterocycles. The van der Waals surface area contributed by atoms with Gasteiger partial charge >= 0.3 is 0 Å². The second-order valence-electron chi connectivity index (χ2n) is 3.49. The Morgan fingerprint density at radius 1 is 1.47 bits per heavy atom. The molecular weight excluding hydrogens is 260 g/mol. The van der Waals surface area contributed by atoms with Gasteiger partial charge in [-0.25, -0.2) is 4.98 Å². The van der Waals surface area contributed by atoms with E-state index in [1.54, 1.807) is 6.20 Å². The molecule has 15 heavy (non-hydrogen) atoms. The van der Waals surface area contributed by atoms with Crippen LogP contribution in [0.25, 0.3) is 0 Å². The largest absolute Gasteiger partial charge is 0.303 e. The Morgan fingerprint density at radius 3 is 2.73 bits per heavy atom. The summed E-state index contributed by atoms with van der Waals surface area (Å²) in [5.74, 6) is -0.186. The van der Waals surface area contributed by atoms with Gasteiger partial charge in [0, 0.05) is 0 Å². The lowest BCUT2D eigenvalue weighted by atomic mass is 10.2. The number of ketones is 1. The summed E-state index contributed by atoms with van der Waals surface area (Å²) in [7, 11) is 0. The fourth-order valence-corrected chi connectivity index (χ4v) is 2.05. The van der Waals surface area contributed by atoms with E-state index in [1.807, 2.05) is 13.0 Å². The Kier molecular flexibility index (Phi) is 2.56. The van der Waals surface area contributed by atoms with Gasteiger partial charge in [0.1, 0.15) is 4.60 Å². The molecule has 0 atom stereocenters. The smallest absolute Gasteiger partial charge is 0.234 e. The Balaban J connectivity index is 2.38. The van der Waals surface area contributed by atoms with E-state index in [2.05, 4.69) is 20.9 Å². The lowest BCUT2D eigenvalue weighted by Gasteiger charge is -2.16. The molecule has 0 saturated carbocycles. The third kappa shape index (κ3) is 1.92. The molecule has 0 aliphatic carbocycles. The number of hydrogen-bond acceptors (Lipinski definition) is 3. The molecule has 0 unspecified atom stereocenters. The van der Waals surface area contributed by atoms with Gasteiger partial charge in [-0.1, -0.05) is 0 Å². The van der Waals surface area contributed by atoms with Gasteiger partial charge in [-0.05, 0) is 34.5 Å². The predicted octanol–water partition coefficient (Wildman–Crippen LogP) is 1.46. The second-order valence-corrected chi connectivity index (χ2v) is 4.30. The molecule has 1 saturated heterocycles. The Bertz CT molecular complexity index is 445. The maximum Gasteiger partial charge on any atom is 0.234 e. The lowest BCUT2D eigenvalue weighted by molar-refractivity contribution is -0.121. The van der Waals surface area contributed by atoms with Crippen molar-refractivity contribution in [3.8, 4) is 0 Å². The Hall–Kier alpha value is -1.23. The maximum atomic E-state index is 11.5. The number of aromatic nitrogens is 1. The van der Waals surface area contributed by atoms with E-state index < -0.39 is 0 Å². The number of anilines is 1. The van der Waals surface area contributed by atoms with Crippen molar-refractivity contribution in [2.24, 2.45) is 0 Å². The topological polar surface area (TPSA) is 50.3 Å². The molecule has 0 radical (unpaired) electrons. The summed E-state index contributed by atoms with van der Waals surface area (Å²) in [4.78, 5) is 28.1. The van der Waals surface area contributed by atoms with Crippen LogP contribution in [0.2, 0.25) is 0 Å². The number of carbonyl (C=O) groups is 2. The molecule has 5 heteroatoms. The molecule has 1 fully saturated rings. The molecule has 1 aromatic rings. The number of carbonyl (C=O) groups excluding carboxylic acids is 2. The van der Waals surface area contributed by atoms with Crippen LogP contribution in [0.3, 0.4) is 0 Å². The summed E-state index contributed by atoms with van der Waals surface area (Å²) in [5.41, 5.74) is 1.65. The third-order valence-corrected chi connectivity index (χ3v) is 2.76. The van der Waals surface area contributed by atoms with Gasteiger partial charge < -0.3 is 4.90 Å². The van der Waals surface area contributed by atoms with E-state index in [1.165, 1.54) is 4.90 Å². The molecule has 0 N–H and O–H groups in total. The number of aryl methyl sites for hydroxylation is 1. The van der Waals surface area contributed by atoms with Gasteiger partial charge in [-0.2, -0.15) is 0 Å². The monoisotopic (exact) mass is 268 g/mol. The molecule has 1 amide bonds. The van der Waals surface area contributed by atoms with Gasteiger partial charge in [-0.3, -0.25) is 9.59 Å². The Morgan fingerprint density at radius 2 is 2.20 bits per heavy atom. The summed E-state index contributed by atoms with van der Waals surface area (Å²) in [6.45, 7) is 2.06. The van der Waals surface area contributed by atoms with E-state index in [0.717, 1.165) is 10.2 Å². The normalized spacial score (nSPS) is 16.3. The first kappa shape index (κ1) is 10.3. The quantitative estimate of drug-likeness (QED) is 0.573. The number of Topliss-reactive ketones (excluding diaryl/α,β-unsaturated/α-hetero) is 1. The number of pyridine rings is 1. The number of amides is 1. The van der Waals surface area contributed by atoms with Crippen molar-refractivity contribution in [1.82, 2.24) is 4.98 Å². The molecule has 2 heterocycles. The highest BCUT2D eigenvalue weighted by molar-refractivity contribution is 9.10. The van der Waals surface area contributed by atoms with E-state index in [0.29, 0.717) is 5.69 Å². The molecule has 78 valence electrons. The van der Waals surface area contributed by atoms with Crippen LogP contribution in [-0.4, -0.2) is 23.2 Å². The maximum absolute atomic E-state index is 11.5. The number of hydrogen-bond donors (Lipinski definition) is 0. The van der Waals surface area contributed by atoms with Gasteiger partial charge in [0.05, 0.1) is 24.8 Å². The van der Waals surface area contributed by atoms with Gasteiger partial charge in [0.15, 0.2) is 5.78 Å². The molecule has 4 nitrogen and oxygen atoms in total. The average molecular weight is 269 g/mol. The first-order valence-corrected chi connectivity index (χ1v) is 5.31. The van der Waals surface area contributed by atoms with Crippen LogP contribution in [0.1, 0.15) is 12.0 Å². The number of halogens is 1. The lowest BCUT2D eigenvalue weighted by Crippen LogP contribution is -2.25. The first-order valence-electron chi connectivity index (χ1n) is 4.52. The van der Waals surface area contributed by atoms with Crippen LogP contribution < -0.4 is 4.90 Å². The second kappa shape index (κ2) is 3.73. The summed E-state index contributed by atoms with van der Waals surface area (Å²) >= 11 is 3.25. The van der Waals surface area contributed by atoms with E-state index in [-0.39, 0.29) is 24.7 Å². The van der Waals surface area contributed by atoms with E-state index in [9.17, 15) is 9.59 Å². The minimum atomic E-state index is -0.146. The third-order valence-electron chi connectivity index (χ3n) is 2.32. The summed E-state index contributed by atoms with van der Waals surface area (Å²) in [5, 5.41) is 0. The van der Waals surface area contributed by atoms with Crippen LogP contribution in [0.5, 0.6) is 0 Å². The summed E-state index contributed by atoms with van der Waals surface area (Å²) in [6.07, 6.45) is 1.62. The first-order chi connectivity index (χ1) is 7.08. The van der Waals surface area contributed by atoms with Crippen molar-refractivity contribution >= 4 is 33.3 Å². The molecule has 0 bridgehead atoms. The van der Waals surface area contributed by atoms with Crippen LogP contribution in [0.4, 0.5) is 5.69 Å². The van der Waals surface area contributed by atoms with Crippen molar-refractivity contribution in [3.63, 3.8) is 0 Å². The average Bonchev–Trinajstić information content (AvgIpc) is 2.45. The van der Waals surface area contributed by atoms with Crippen molar-refractivity contribution in [2.45, 2.75) is 13.3 Å². The number of nitrogens with zero attached hydrogens (tertiary/aromatic N) is 2. The zero-order valence-electron chi connectivity index (χ0n) is 8.16. The highest BCUT2D eigenvalue weighted by Crippen LogP contribution is 2.24. The van der Waals surface area contributed by atoms with Crippen molar-refractivity contribution in [3.05, 3.63) is 22.4 Å². The summed E-state index contributed by atoms with van der Waals surface area (Å²) in [6, 6.07) is 1.82. The van der Waals surface area contributed by atoms with Crippen LogP contribution in [0, 0.1) is 6.92 Å². The minimum absolute atomic E-state index is 0.00943. The fourth-order valence-electron chi connectivity index (χ4n) is 1.60.